The van der Waals surface area contributed by atoms with Gasteiger partial charge < -0.3 is 10.2 Å². The second-order valence-corrected chi connectivity index (χ2v) is 9.43. The van der Waals surface area contributed by atoms with Gasteiger partial charge in [-0.15, -0.1) is 0 Å². The summed E-state index contributed by atoms with van der Waals surface area (Å²) in [5, 5.41) is 5.55. The van der Waals surface area contributed by atoms with Crippen LogP contribution in [0.1, 0.15) is 5.56 Å². The van der Waals surface area contributed by atoms with Gasteiger partial charge in [0.15, 0.2) is 0 Å². The van der Waals surface area contributed by atoms with Gasteiger partial charge in [-0.25, -0.2) is 14.8 Å². The fraction of sp³-hybridized carbons (Fsp3) is 0.167. The number of carbonyl (C=O) groups excluding carboxylic acids is 1. The van der Waals surface area contributed by atoms with E-state index in [1.807, 2.05) is 67.1 Å². The molecule has 0 atom stereocenters. The molecular formula is C30H28N8O. The van der Waals surface area contributed by atoms with Crippen molar-refractivity contribution in [3.05, 3.63) is 103 Å². The van der Waals surface area contributed by atoms with Crippen LogP contribution in [-0.2, 0) is 6.54 Å². The number of carbonyl (C=O) groups is 1. The molecule has 0 spiro atoms. The van der Waals surface area contributed by atoms with E-state index in [0.717, 1.165) is 60.7 Å². The highest BCUT2D eigenvalue weighted by Gasteiger charge is 2.19. The maximum atomic E-state index is 12.3. The molecule has 1 saturated heterocycles. The van der Waals surface area contributed by atoms with Gasteiger partial charge >= 0.3 is 6.03 Å². The molecule has 0 saturated carbocycles. The van der Waals surface area contributed by atoms with Crippen molar-refractivity contribution in [2.45, 2.75) is 6.54 Å². The minimum Gasteiger partial charge on any atom is -0.353 e. The number of hydrogen-bond acceptors (Lipinski definition) is 7. The molecule has 1 aliphatic heterocycles. The summed E-state index contributed by atoms with van der Waals surface area (Å²) < 4.78 is 0. The van der Waals surface area contributed by atoms with Crippen LogP contribution in [-0.4, -0.2) is 57.0 Å². The van der Waals surface area contributed by atoms with E-state index >= 15 is 0 Å². The van der Waals surface area contributed by atoms with Gasteiger partial charge in [0, 0.05) is 57.0 Å². The van der Waals surface area contributed by atoms with Gasteiger partial charge in [-0.2, -0.15) is 0 Å². The normalized spacial score (nSPS) is 13.8. The fourth-order valence-corrected chi connectivity index (χ4v) is 4.68. The molecule has 194 valence electrons. The Labute approximate surface area is 226 Å². The molecule has 2 N–H and O–H groups in total. The molecule has 0 unspecified atom stereocenters. The lowest BCUT2D eigenvalue weighted by Gasteiger charge is -2.35. The fourth-order valence-electron chi connectivity index (χ4n) is 4.68. The van der Waals surface area contributed by atoms with E-state index in [1.165, 1.54) is 5.56 Å². The van der Waals surface area contributed by atoms with E-state index in [4.69, 9.17) is 4.98 Å². The largest absolute Gasteiger partial charge is 0.353 e. The van der Waals surface area contributed by atoms with Crippen molar-refractivity contribution < 1.29 is 4.79 Å². The van der Waals surface area contributed by atoms with Crippen LogP contribution in [0.15, 0.2) is 97.6 Å². The van der Waals surface area contributed by atoms with E-state index in [0.29, 0.717) is 11.5 Å². The van der Waals surface area contributed by atoms with Crippen molar-refractivity contribution in [2.24, 2.45) is 0 Å². The minimum absolute atomic E-state index is 0.340. The number of nitrogens with zero attached hydrogens (tertiary/aromatic N) is 6. The van der Waals surface area contributed by atoms with Crippen LogP contribution in [0, 0.1) is 0 Å². The second-order valence-electron chi connectivity index (χ2n) is 9.43. The first-order valence-corrected chi connectivity index (χ1v) is 12.9. The highest BCUT2D eigenvalue weighted by Crippen LogP contribution is 2.26. The molecule has 1 aliphatic rings. The topological polar surface area (TPSA) is 99.2 Å². The number of piperazine rings is 1. The Kier molecular flexibility index (Phi) is 7.05. The predicted octanol–water partition coefficient (Wildman–Crippen LogP) is 5.05. The number of anilines is 3. The Morgan fingerprint density at radius 1 is 0.769 bits per heavy atom. The average Bonchev–Trinajstić information content (AvgIpc) is 2.98. The molecule has 0 aliphatic carbocycles. The van der Waals surface area contributed by atoms with Crippen molar-refractivity contribution in [1.82, 2.24) is 24.8 Å². The highest BCUT2D eigenvalue weighted by atomic mass is 16.2. The summed E-state index contributed by atoms with van der Waals surface area (Å²) in [5.41, 5.74) is 5.73. The predicted molar refractivity (Wildman–Crippen MR) is 154 cm³/mol. The first-order valence-electron chi connectivity index (χ1n) is 12.9. The van der Waals surface area contributed by atoms with Crippen molar-refractivity contribution in [3.63, 3.8) is 0 Å². The SMILES string of the molecule is O=C(Nc1ccc(-c2ccc3ncc(N4CCN(Cc5cccnc5)CC4)nc3c2)cc1)Nc1ccccn1. The lowest BCUT2D eigenvalue weighted by molar-refractivity contribution is 0.249. The summed E-state index contributed by atoms with van der Waals surface area (Å²) in [7, 11) is 0. The smallest absolute Gasteiger partial charge is 0.324 e. The van der Waals surface area contributed by atoms with Crippen molar-refractivity contribution in [3.8, 4) is 11.1 Å². The summed E-state index contributed by atoms with van der Waals surface area (Å²) in [6, 6.07) is 23.0. The number of nitrogens with one attached hydrogen (secondary N) is 2. The molecule has 0 bridgehead atoms. The van der Waals surface area contributed by atoms with Crippen LogP contribution in [0.2, 0.25) is 0 Å². The molecule has 2 aromatic carbocycles. The molecule has 39 heavy (non-hydrogen) atoms. The number of rotatable bonds is 6. The molecular weight excluding hydrogens is 488 g/mol. The Hall–Kier alpha value is -4.89. The van der Waals surface area contributed by atoms with Gasteiger partial charge in [0.25, 0.3) is 0 Å². The van der Waals surface area contributed by atoms with Crippen LogP contribution in [0.5, 0.6) is 0 Å². The lowest BCUT2D eigenvalue weighted by Crippen LogP contribution is -2.46. The Morgan fingerprint density at radius 2 is 1.62 bits per heavy atom. The zero-order chi connectivity index (χ0) is 26.4. The van der Waals surface area contributed by atoms with Crippen molar-refractivity contribution >= 4 is 34.4 Å². The lowest BCUT2D eigenvalue weighted by atomic mass is 10.0. The third-order valence-corrected chi connectivity index (χ3v) is 6.74. The molecule has 4 heterocycles. The van der Waals surface area contributed by atoms with E-state index in [-0.39, 0.29) is 6.03 Å². The first-order chi connectivity index (χ1) is 19.2. The standard InChI is InChI=1S/C30H28N8O/c39-30(36-28-5-1-2-13-32-28)34-25-9-6-23(7-10-25)24-8-11-26-27(18-24)35-29(20-33-26)38-16-14-37(15-17-38)21-22-4-3-12-31-19-22/h1-13,18-20H,14-17,21H2,(H2,32,34,36,39). The summed E-state index contributed by atoms with van der Waals surface area (Å²) in [5.74, 6) is 1.40. The van der Waals surface area contributed by atoms with Gasteiger partial charge in [0.05, 0.1) is 17.2 Å². The van der Waals surface area contributed by atoms with Crippen molar-refractivity contribution in [2.75, 3.05) is 41.7 Å². The van der Waals surface area contributed by atoms with E-state index in [9.17, 15) is 4.79 Å². The van der Waals surface area contributed by atoms with E-state index in [1.54, 1.807) is 18.3 Å². The zero-order valence-electron chi connectivity index (χ0n) is 21.4. The number of pyridine rings is 2. The maximum Gasteiger partial charge on any atom is 0.324 e. The molecule has 2 amide bonds. The van der Waals surface area contributed by atoms with Crippen LogP contribution in [0.3, 0.4) is 0 Å². The molecule has 9 heteroatoms. The molecule has 1 fully saturated rings. The summed E-state index contributed by atoms with van der Waals surface area (Å²) >= 11 is 0. The molecule has 6 rings (SSSR count). The molecule has 3 aromatic heterocycles. The monoisotopic (exact) mass is 516 g/mol. The Morgan fingerprint density at radius 3 is 2.38 bits per heavy atom. The minimum atomic E-state index is -0.340. The van der Waals surface area contributed by atoms with Crippen LogP contribution < -0.4 is 15.5 Å². The van der Waals surface area contributed by atoms with E-state index < -0.39 is 0 Å². The summed E-state index contributed by atoms with van der Waals surface area (Å²) in [6.45, 7) is 4.66. The van der Waals surface area contributed by atoms with Gasteiger partial charge in [0.1, 0.15) is 11.6 Å². The zero-order valence-corrected chi connectivity index (χ0v) is 21.4. The number of aromatic nitrogens is 4. The van der Waals surface area contributed by atoms with Crippen LogP contribution in [0.25, 0.3) is 22.2 Å². The third kappa shape index (κ3) is 6.00. The number of hydrogen-bond donors (Lipinski definition) is 2. The summed E-state index contributed by atoms with van der Waals surface area (Å²) in [4.78, 5) is 35.0. The number of amides is 2. The Bertz CT molecular complexity index is 1550. The number of urea groups is 1. The van der Waals surface area contributed by atoms with Gasteiger partial charge in [-0.05, 0) is 59.2 Å². The number of fused-ring (bicyclic) bond motifs is 1. The average molecular weight is 517 g/mol. The second kappa shape index (κ2) is 11.2. The van der Waals surface area contributed by atoms with Gasteiger partial charge in [-0.3, -0.25) is 20.2 Å². The quantitative estimate of drug-likeness (QED) is 0.326. The maximum absolute atomic E-state index is 12.3. The Balaban J connectivity index is 1.11. The molecule has 0 radical (unpaired) electrons. The molecule has 5 aromatic rings. The summed E-state index contributed by atoms with van der Waals surface area (Å²) in [6.07, 6.45) is 7.24. The van der Waals surface area contributed by atoms with Crippen LogP contribution >= 0.6 is 0 Å². The van der Waals surface area contributed by atoms with E-state index in [2.05, 4.69) is 47.5 Å². The molecule has 9 nitrogen and oxygen atoms in total. The highest BCUT2D eigenvalue weighted by molar-refractivity contribution is 5.99. The van der Waals surface area contributed by atoms with Gasteiger partial charge in [0.2, 0.25) is 0 Å². The van der Waals surface area contributed by atoms with Crippen LogP contribution in [0.4, 0.5) is 22.1 Å². The van der Waals surface area contributed by atoms with Gasteiger partial charge in [-0.1, -0.05) is 30.3 Å². The first kappa shape index (κ1) is 24.4. The third-order valence-electron chi connectivity index (χ3n) is 6.74. The number of benzene rings is 2. The van der Waals surface area contributed by atoms with Crippen molar-refractivity contribution in [1.29, 1.82) is 0 Å².